The first-order chi connectivity index (χ1) is 15.5. The predicted octanol–water partition coefficient (Wildman–Crippen LogP) is 11.5. The number of allylic oxidation sites excluding steroid dienone is 2. The Balaban J connectivity index is 1.53. The summed E-state index contributed by atoms with van der Waals surface area (Å²) in [4.78, 5) is 5.49. The monoisotopic (exact) mass is 606 g/mol. The molecule has 10 heteroatoms. The van der Waals surface area contributed by atoms with Crippen LogP contribution in [0.3, 0.4) is 0 Å². The molecule has 0 amide bonds. The minimum absolute atomic E-state index is 1.37. The summed E-state index contributed by atoms with van der Waals surface area (Å²) in [5, 5.41) is 0. The van der Waals surface area contributed by atoms with Crippen molar-refractivity contribution < 1.29 is 0 Å². The van der Waals surface area contributed by atoms with Crippen LogP contribution in [0.2, 0.25) is 0 Å². The van der Waals surface area contributed by atoms with Crippen LogP contribution in [0.4, 0.5) is 0 Å². The van der Waals surface area contributed by atoms with Crippen LogP contribution in [0, 0.1) is 0 Å². The van der Waals surface area contributed by atoms with Crippen molar-refractivity contribution in [1.82, 2.24) is 0 Å². The Labute approximate surface area is 233 Å². The van der Waals surface area contributed by atoms with Gasteiger partial charge in [0, 0.05) is 19.5 Å². The van der Waals surface area contributed by atoms with Gasteiger partial charge in [0.05, 0.1) is 25.4 Å². The third-order valence-corrected chi connectivity index (χ3v) is 18.1. The highest BCUT2D eigenvalue weighted by Crippen LogP contribution is 2.59. The largest absolute Gasteiger partial charge is 0.135 e. The summed E-state index contributed by atoms with van der Waals surface area (Å²) < 4.78 is 8.60. The molecule has 0 N–H and O–H groups in total. The van der Waals surface area contributed by atoms with E-state index in [0.717, 1.165) is 0 Å². The summed E-state index contributed by atoms with van der Waals surface area (Å²) >= 11 is 19.0. The lowest BCUT2D eigenvalue weighted by Crippen LogP contribution is -1.74. The Hall–Kier alpha value is 1.16. The van der Waals surface area contributed by atoms with Gasteiger partial charge in [-0.3, -0.25) is 0 Å². The normalized spacial score (nSPS) is 16.7. The highest BCUT2D eigenvalue weighted by Gasteiger charge is 2.24. The predicted molar refractivity (Wildman–Crippen MR) is 171 cm³/mol. The fourth-order valence-corrected chi connectivity index (χ4v) is 15.3. The maximum Gasteiger partial charge on any atom is 0.0657 e. The highest BCUT2D eigenvalue weighted by atomic mass is 32.3. The van der Waals surface area contributed by atoms with Crippen molar-refractivity contribution in [2.24, 2.45) is 0 Å². The molecular formula is C22H22S10. The van der Waals surface area contributed by atoms with E-state index in [2.05, 4.69) is 63.1 Å². The Morgan fingerprint density at radius 2 is 0.844 bits per heavy atom. The third-order valence-electron chi connectivity index (χ3n) is 4.62. The first-order valence-electron chi connectivity index (χ1n) is 9.47. The first kappa shape index (κ1) is 26.2. The zero-order valence-corrected chi connectivity index (χ0v) is 26.6. The number of hydrogen-bond acceptors (Lipinski definition) is 10. The van der Waals surface area contributed by atoms with Crippen LogP contribution in [-0.4, -0.2) is 25.0 Å². The van der Waals surface area contributed by atoms with Crippen molar-refractivity contribution in [2.75, 3.05) is 25.0 Å². The molecule has 0 saturated heterocycles. The molecule has 0 fully saturated rings. The topological polar surface area (TPSA) is 0 Å². The maximum absolute atomic E-state index is 2.30. The molecule has 0 bridgehead atoms. The molecule has 0 spiro atoms. The van der Waals surface area contributed by atoms with Crippen molar-refractivity contribution in [3.63, 3.8) is 0 Å². The van der Waals surface area contributed by atoms with E-state index in [1.165, 1.54) is 56.1 Å². The molecule has 0 saturated carbocycles. The second kappa shape index (κ2) is 11.9. The number of rotatable bonds is 7. The molecule has 4 rings (SSSR count). The highest BCUT2D eigenvalue weighted by molar-refractivity contribution is 8.41. The lowest BCUT2D eigenvalue weighted by molar-refractivity contribution is 1.73. The van der Waals surface area contributed by atoms with Gasteiger partial charge in [0.25, 0.3) is 0 Å². The van der Waals surface area contributed by atoms with Crippen molar-refractivity contribution in [3.05, 3.63) is 59.4 Å². The molecule has 4 heterocycles. The van der Waals surface area contributed by atoms with Crippen molar-refractivity contribution in [2.45, 2.75) is 13.8 Å². The Kier molecular flexibility index (Phi) is 9.78. The quantitative estimate of drug-likeness (QED) is 0.301. The SMILES string of the molecule is CSC1=C(SC)SC(=C(C)c2ccc(-c3ccc(C(C)=C4SC(SC)=C(SC)S4)s3)s2)S1. The van der Waals surface area contributed by atoms with Crippen molar-refractivity contribution >= 4 is 128 Å². The van der Waals surface area contributed by atoms with E-state index in [0.29, 0.717) is 0 Å². The van der Waals surface area contributed by atoms with E-state index in [-0.39, 0.29) is 0 Å². The summed E-state index contributed by atoms with van der Waals surface area (Å²) in [6.45, 7) is 4.55. The number of thiophene rings is 2. The Bertz CT molecular complexity index is 1010. The number of hydrogen-bond donors (Lipinski definition) is 0. The molecule has 0 nitrogen and oxygen atoms in total. The molecule has 2 aromatic heterocycles. The van der Waals surface area contributed by atoms with Gasteiger partial charge in [0.15, 0.2) is 0 Å². The fourth-order valence-electron chi connectivity index (χ4n) is 2.90. The molecule has 0 aromatic carbocycles. The van der Waals surface area contributed by atoms with Crippen LogP contribution in [0.25, 0.3) is 20.9 Å². The molecule has 0 radical (unpaired) electrons. The Morgan fingerprint density at radius 3 is 1.12 bits per heavy atom. The van der Waals surface area contributed by atoms with Gasteiger partial charge < -0.3 is 0 Å². The molecule has 2 aromatic rings. The van der Waals surface area contributed by atoms with Gasteiger partial charge in [0.2, 0.25) is 0 Å². The Morgan fingerprint density at radius 1 is 0.531 bits per heavy atom. The second-order valence-electron chi connectivity index (χ2n) is 6.53. The minimum atomic E-state index is 1.37. The molecule has 32 heavy (non-hydrogen) atoms. The zero-order chi connectivity index (χ0) is 22.8. The molecule has 0 aliphatic carbocycles. The van der Waals surface area contributed by atoms with E-state index in [1.807, 2.05) is 117 Å². The average molecular weight is 607 g/mol. The zero-order valence-electron chi connectivity index (χ0n) is 18.4. The van der Waals surface area contributed by atoms with Crippen LogP contribution in [-0.2, 0) is 0 Å². The van der Waals surface area contributed by atoms with Gasteiger partial charge in [-0.2, -0.15) is 0 Å². The van der Waals surface area contributed by atoms with Gasteiger partial charge in [0.1, 0.15) is 0 Å². The first-order valence-corrected chi connectivity index (χ1v) is 19.3. The van der Waals surface area contributed by atoms with E-state index >= 15 is 0 Å². The lowest BCUT2D eigenvalue weighted by Gasteiger charge is -2.03. The molecule has 0 atom stereocenters. The van der Waals surface area contributed by atoms with Crippen LogP contribution < -0.4 is 0 Å². The van der Waals surface area contributed by atoms with Gasteiger partial charge in [-0.25, -0.2) is 0 Å². The molecule has 0 unspecified atom stereocenters. The minimum Gasteiger partial charge on any atom is -0.135 e. The third kappa shape index (κ3) is 5.60. The summed E-state index contributed by atoms with van der Waals surface area (Å²) in [6, 6.07) is 9.18. The smallest absolute Gasteiger partial charge is 0.0657 e. The average Bonchev–Trinajstić information content (AvgIpc) is 3.61. The maximum atomic E-state index is 2.30. The van der Waals surface area contributed by atoms with E-state index < -0.39 is 0 Å². The van der Waals surface area contributed by atoms with Gasteiger partial charge in [-0.15, -0.1) is 69.7 Å². The van der Waals surface area contributed by atoms with E-state index in [9.17, 15) is 0 Å². The molecule has 2 aliphatic heterocycles. The molecule has 170 valence electrons. The summed E-state index contributed by atoms with van der Waals surface area (Å²) in [6.07, 6.45) is 8.70. The van der Waals surface area contributed by atoms with Gasteiger partial charge >= 0.3 is 0 Å². The van der Waals surface area contributed by atoms with Crippen LogP contribution in [0.15, 0.2) is 49.7 Å². The fraction of sp³-hybridized carbons (Fsp3) is 0.273. The summed E-state index contributed by atoms with van der Waals surface area (Å²) in [5.74, 6) is 0. The summed E-state index contributed by atoms with van der Waals surface area (Å²) in [7, 11) is 0. The summed E-state index contributed by atoms with van der Waals surface area (Å²) in [5.41, 5.74) is 2.81. The molecular weight excluding hydrogens is 585 g/mol. The van der Waals surface area contributed by atoms with Crippen molar-refractivity contribution in [1.29, 1.82) is 0 Å². The van der Waals surface area contributed by atoms with Crippen LogP contribution >= 0.6 is 117 Å². The molecule has 2 aliphatic rings. The van der Waals surface area contributed by atoms with Gasteiger partial charge in [-0.05, 0) is 74.3 Å². The van der Waals surface area contributed by atoms with Crippen molar-refractivity contribution in [3.8, 4) is 9.75 Å². The lowest BCUT2D eigenvalue weighted by atomic mass is 10.2. The second-order valence-corrected chi connectivity index (χ2v) is 17.6. The van der Waals surface area contributed by atoms with Crippen LogP contribution in [0.5, 0.6) is 0 Å². The van der Waals surface area contributed by atoms with E-state index in [1.54, 1.807) is 0 Å². The number of thioether (sulfide) groups is 8. The van der Waals surface area contributed by atoms with Gasteiger partial charge in [-0.1, -0.05) is 47.0 Å². The van der Waals surface area contributed by atoms with E-state index in [4.69, 9.17) is 0 Å². The van der Waals surface area contributed by atoms with Crippen LogP contribution in [0.1, 0.15) is 23.6 Å². The standard InChI is InChI=1S/C22H22S10/c1-11(17-29-19(23-3)20(24-4)30-17)13-7-9-15(27-13)16-10-8-14(28-16)12(2)18-31-21(25-5)22(26-6)32-18/h7-10H,1-6H3.